The topological polar surface area (TPSA) is 84.2 Å². The number of carbonyl (C=O) groups is 2. The van der Waals surface area contributed by atoms with Crippen LogP contribution < -0.4 is 10.6 Å². The van der Waals surface area contributed by atoms with E-state index in [1.54, 1.807) is 13.0 Å². The summed E-state index contributed by atoms with van der Waals surface area (Å²) in [6.07, 6.45) is 0. The van der Waals surface area contributed by atoms with Crippen LogP contribution in [-0.4, -0.2) is 22.7 Å². The lowest BCUT2D eigenvalue weighted by atomic mass is 10.1. The summed E-state index contributed by atoms with van der Waals surface area (Å²) in [4.78, 5) is 25.6. The molecular weight excluding hydrogens is 398 g/mol. The lowest BCUT2D eigenvalue weighted by Crippen LogP contribution is -2.14. The molecule has 0 fully saturated rings. The number of carbonyl (C=O) groups excluding carboxylic acids is 2. The van der Waals surface area contributed by atoms with Gasteiger partial charge in [-0.15, -0.1) is 11.8 Å². The summed E-state index contributed by atoms with van der Waals surface area (Å²) in [6, 6.07) is 22.6. The van der Waals surface area contributed by atoms with Crippen molar-refractivity contribution in [3.63, 3.8) is 0 Å². The van der Waals surface area contributed by atoms with Crippen LogP contribution in [0.4, 0.5) is 11.5 Å². The monoisotopic (exact) mass is 417 g/mol. The van der Waals surface area contributed by atoms with E-state index in [1.807, 2.05) is 66.7 Å². The Kier molecular flexibility index (Phi) is 5.81. The number of fused-ring (bicyclic) bond motifs is 1. The molecule has 0 aliphatic carbocycles. The van der Waals surface area contributed by atoms with Gasteiger partial charge in [-0.05, 0) is 48.0 Å². The van der Waals surface area contributed by atoms with Crippen LogP contribution in [0.2, 0.25) is 0 Å². The molecule has 0 unspecified atom stereocenters. The minimum absolute atomic E-state index is 0.179. The lowest BCUT2D eigenvalue weighted by molar-refractivity contribution is -0.113. The van der Waals surface area contributed by atoms with Crippen LogP contribution in [0.15, 0.2) is 82.2 Å². The summed E-state index contributed by atoms with van der Waals surface area (Å²) in [5.74, 6) is 0.886. The van der Waals surface area contributed by atoms with Gasteiger partial charge in [0.15, 0.2) is 5.82 Å². The standard InChI is InChI=1S/C23H19N3O3S/c1-15-11-21(26-29-15)25-22(27)14-30-20-8-4-7-19(13-20)24-23(28)18-10-9-16-5-2-3-6-17(16)12-18/h2-13H,14H2,1H3,(H,24,28)(H,25,26,27). The van der Waals surface area contributed by atoms with Crippen LogP contribution in [0.1, 0.15) is 16.1 Å². The Morgan fingerprint density at radius 3 is 2.57 bits per heavy atom. The third-order valence-corrected chi connectivity index (χ3v) is 5.36. The number of rotatable bonds is 6. The van der Waals surface area contributed by atoms with Gasteiger partial charge in [0.2, 0.25) is 5.91 Å². The number of aryl methyl sites for hydroxylation is 1. The Labute approximate surface area is 177 Å². The van der Waals surface area contributed by atoms with Gasteiger partial charge in [-0.3, -0.25) is 9.59 Å². The fourth-order valence-corrected chi connectivity index (χ4v) is 3.71. The quantitative estimate of drug-likeness (QED) is 0.426. The van der Waals surface area contributed by atoms with Crippen molar-refractivity contribution in [3.8, 4) is 0 Å². The molecule has 0 atom stereocenters. The van der Waals surface area contributed by atoms with E-state index in [-0.39, 0.29) is 17.6 Å². The normalized spacial score (nSPS) is 10.7. The van der Waals surface area contributed by atoms with Crippen molar-refractivity contribution in [2.75, 3.05) is 16.4 Å². The predicted molar refractivity (Wildman–Crippen MR) is 119 cm³/mol. The zero-order chi connectivity index (χ0) is 20.9. The van der Waals surface area contributed by atoms with Crippen molar-refractivity contribution in [1.29, 1.82) is 0 Å². The fourth-order valence-electron chi connectivity index (χ4n) is 2.95. The van der Waals surface area contributed by atoms with Crippen LogP contribution in [-0.2, 0) is 4.79 Å². The third-order valence-electron chi connectivity index (χ3n) is 4.37. The summed E-state index contributed by atoms with van der Waals surface area (Å²) in [5.41, 5.74) is 1.26. The predicted octanol–water partition coefficient (Wildman–Crippen LogP) is 5.12. The molecule has 0 aliphatic heterocycles. The fraction of sp³-hybridized carbons (Fsp3) is 0.0870. The molecule has 1 aromatic heterocycles. The number of nitrogens with one attached hydrogen (secondary N) is 2. The third kappa shape index (κ3) is 4.87. The molecule has 3 aromatic carbocycles. The van der Waals surface area contributed by atoms with Gasteiger partial charge in [-0.2, -0.15) is 0 Å². The van der Waals surface area contributed by atoms with E-state index in [2.05, 4.69) is 15.8 Å². The first-order valence-corrected chi connectivity index (χ1v) is 10.3. The molecule has 2 N–H and O–H groups in total. The Morgan fingerprint density at radius 2 is 1.77 bits per heavy atom. The summed E-state index contributed by atoms with van der Waals surface area (Å²) >= 11 is 1.37. The summed E-state index contributed by atoms with van der Waals surface area (Å²) in [6.45, 7) is 1.76. The van der Waals surface area contributed by atoms with Crippen molar-refractivity contribution in [2.24, 2.45) is 0 Å². The summed E-state index contributed by atoms with van der Waals surface area (Å²) in [7, 11) is 0. The van der Waals surface area contributed by atoms with Crippen LogP contribution in [0, 0.1) is 6.92 Å². The first-order valence-electron chi connectivity index (χ1n) is 9.33. The number of amides is 2. The van der Waals surface area contributed by atoms with Gasteiger partial charge >= 0.3 is 0 Å². The molecule has 7 heteroatoms. The molecule has 150 valence electrons. The second kappa shape index (κ2) is 8.84. The molecule has 1 heterocycles. The number of hydrogen-bond acceptors (Lipinski definition) is 5. The number of hydrogen-bond donors (Lipinski definition) is 2. The van der Waals surface area contributed by atoms with E-state index in [0.29, 0.717) is 22.8 Å². The molecule has 0 radical (unpaired) electrons. The molecule has 4 rings (SSSR count). The van der Waals surface area contributed by atoms with Gasteiger partial charge in [0.25, 0.3) is 5.91 Å². The van der Waals surface area contributed by atoms with Crippen molar-refractivity contribution in [2.45, 2.75) is 11.8 Å². The second-order valence-corrected chi connectivity index (χ2v) is 7.75. The average molecular weight is 417 g/mol. The Bertz CT molecular complexity index is 1220. The summed E-state index contributed by atoms with van der Waals surface area (Å²) < 4.78 is 4.93. The first-order chi connectivity index (χ1) is 14.6. The van der Waals surface area contributed by atoms with Gasteiger partial charge in [-0.25, -0.2) is 0 Å². The zero-order valence-electron chi connectivity index (χ0n) is 16.2. The molecule has 0 bridgehead atoms. The van der Waals surface area contributed by atoms with Crippen LogP contribution in [0.3, 0.4) is 0 Å². The maximum Gasteiger partial charge on any atom is 0.255 e. The highest BCUT2D eigenvalue weighted by Crippen LogP contribution is 2.23. The maximum atomic E-state index is 12.6. The van der Waals surface area contributed by atoms with E-state index in [0.717, 1.165) is 15.7 Å². The van der Waals surface area contributed by atoms with Crippen LogP contribution >= 0.6 is 11.8 Å². The highest BCUT2D eigenvalue weighted by atomic mass is 32.2. The first kappa shape index (κ1) is 19.7. The summed E-state index contributed by atoms with van der Waals surface area (Å²) in [5, 5.41) is 11.4. The molecule has 0 saturated carbocycles. The average Bonchev–Trinajstić information content (AvgIpc) is 3.16. The lowest BCUT2D eigenvalue weighted by Gasteiger charge is -2.08. The largest absolute Gasteiger partial charge is 0.360 e. The molecule has 0 spiro atoms. The number of benzene rings is 3. The van der Waals surface area contributed by atoms with E-state index in [1.165, 1.54) is 11.8 Å². The van der Waals surface area contributed by atoms with Gasteiger partial charge < -0.3 is 15.2 Å². The highest BCUT2D eigenvalue weighted by molar-refractivity contribution is 8.00. The molecule has 2 amide bonds. The van der Waals surface area contributed by atoms with Crippen molar-refractivity contribution in [1.82, 2.24) is 5.16 Å². The Balaban J connectivity index is 1.37. The molecule has 4 aromatic rings. The number of aromatic nitrogens is 1. The van der Waals surface area contributed by atoms with Crippen LogP contribution in [0.5, 0.6) is 0 Å². The number of anilines is 2. The van der Waals surface area contributed by atoms with Gasteiger partial charge in [0.05, 0.1) is 5.75 Å². The van der Waals surface area contributed by atoms with E-state index < -0.39 is 0 Å². The highest BCUT2D eigenvalue weighted by Gasteiger charge is 2.09. The molecule has 0 aliphatic rings. The molecule has 30 heavy (non-hydrogen) atoms. The van der Waals surface area contributed by atoms with E-state index in [9.17, 15) is 9.59 Å². The van der Waals surface area contributed by atoms with Gasteiger partial charge in [0.1, 0.15) is 5.76 Å². The van der Waals surface area contributed by atoms with Gasteiger partial charge in [-0.1, -0.05) is 41.6 Å². The SMILES string of the molecule is Cc1cc(NC(=O)CSc2cccc(NC(=O)c3ccc4ccccc4c3)c2)no1. The molecule has 0 saturated heterocycles. The zero-order valence-corrected chi connectivity index (χ0v) is 17.0. The van der Waals surface area contributed by atoms with E-state index >= 15 is 0 Å². The molecular formula is C23H19N3O3S. The van der Waals surface area contributed by atoms with Crippen molar-refractivity contribution < 1.29 is 14.1 Å². The Hall–Kier alpha value is -3.58. The smallest absolute Gasteiger partial charge is 0.255 e. The number of nitrogens with zero attached hydrogens (tertiary/aromatic N) is 1. The van der Waals surface area contributed by atoms with Crippen molar-refractivity contribution in [3.05, 3.63) is 84.1 Å². The van der Waals surface area contributed by atoms with Gasteiger partial charge in [0, 0.05) is 22.2 Å². The van der Waals surface area contributed by atoms with E-state index in [4.69, 9.17) is 4.52 Å². The second-order valence-electron chi connectivity index (χ2n) is 6.70. The minimum atomic E-state index is -0.182. The van der Waals surface area contributed by atoms with Crippen LogP contribution in [0.25, 0.3) is 10.8 Å². The minimum Gasteiger partial charge on any atom is -0.360 e. The maximum absolute atomic E-state index is 12.6. The van der Waals surface area contributed by atoms with Crippen molar-refractivity contribution >= 4 is 45.9 Å². The number of thioether (sulfide) groups is 1. The Morgan fingerprint density at radius 1 is 0.933 bits per heavy atom. The molecule has 6 nitrogen and oxygen atoms in total.